The molecule has 0 saturated carbocycles. The monoisotopic (exact) mass is 262 g/mol. The number of hydrogen-bond acceptors (Lipinski definition) is 3. The van der Waals surface area contributed by atoms with E-state index in [2.05, 4.69) is 10.3 Å². The van der Waals surface area contributed by atoms with Crippen molar-refractivity contribution >= 4 is 16.8 Å². The molecule has 0 bridgehead atoms. The number of rotatable bonds is 4. The zero-order chi connectivity index (χ0) is 14.0. The Bertz CT molecular complexity index is 600. The van der Waals surface area contributed by atoms with Crippen LogP contribution in [0.4, 0.5) is 0 Å². The van der Waals surface area contributed by atoms with Crippen molar-refractivity contribution in [3.05, 3.63) is 35.0 Å². The minimum atomic E-state index is -0.628. The number of aryl methyl sites for hydroxylation is 2. The number of fused-ring (bicyclic) bond motifs is 1. The van der Waals surface area contributed by atoms with Crippen molar-refractivity contribution in [2.24, 2.45) is 0 Å². The van der Waals surface area contributed by atoms with Gasteiger partial charge in [0.1, 0.15) is 0 Å². The molecule has 0 aliphatic carbocycles. The summed E-state index contributed by atoms with van der Waals surface area (Å²) in [7, 11) is 0. The van der Waals surface area contributed by atoms with Crippen molar-refractivity contribution in [1.29, 1.82) is 0 Å². The van der Waals surface area contributed by atoms with Gasteiger partial charge in [-0.2, -0.15) is 0 Å². The minimum Gasteiger partial charge on any atom is -0.394 e. The number of carbonyl (C=O) groups excluding carboxylic acids is 1. The fourth-order valence-corrected chi connectivity index (χ4v) is 2.02. The number of hydrogen-bond donors (Lipinski definition) is 4. The highest BCUT2D eigenvalue weighted by Gasteiger charge is 2.13. The number of aliphatic hydroxyl groups is 2. The van der Waals surface area contributed by atoms with Gasteiger partial charge in [-0.15, -0.1) is 0 Å². The molecule has 1 aromatic carbocycles. The molecule has 5 nitrogen and oxygen atoms in total. The van der Waals surface area contributed by atoms with E-state index in [-0.39, 0.29) is 19.1 Å². The molecule has 0 radical (unpaired) electrons. The quantitative estimate of drug-likeness (QED) is 0.659. The summed E-state index contributed by atoms with van der Waals surface area (Å²) in [5.74, 6) is -0.298. The lowest BCUT2D eigenvalue weighted by Gasteiger charge is -2.13. The molecule has 1 heterocycles. The van der Waals surface area contributed by atoms with Gasteiger partial charge in [-0.05, 0) is 37.6 Å². The molecule has 1 amide bonds. The van der Waals surface area contributed by atoms with Crippen LogP contribution >= 0.6 is 0 Å². The van der Waals surface area contributed by atoms with E-state index in [1.165, 1.54) is 0 Å². The molecule has 5 heteroatoms. The van der Waals surface area contributed by atoms with Crippen LogP contribution in [0.3, 0.4) is 0 Å². The Labute approximate surface area is 111 Å². The predicted octanol–water partition coefficient (Wildman–Crippen LogP) is 0.868. The van der Waals surface area contributed by atoms with Gasteiger partial charge in [-0.25, -0.2) is 0 Å². The Morgan fingerprint density at radius 2 is 2.00 bits per heavy atom. The molecule has 19 heavy (non-hydrogen) atoms. The van der Waals surface area contributed by atoms with E-state index in [1.54, 1.807) is 6.07 Å². The first kappa shape index (κ1) is 13.6. The van der Waals surface area contributed by atoms with Gasteiger partial charge < -0.3 is 20.5 Å². The highest BCUT2D eigenvalue weighted by molar-refractivity contribution is 5.99. The van der Waals surface area contributed by atoms with Crippen LogP contribution in [0.1, 0.15) is 21.6 Å². The summed E-state index contributed by atoms with van der Waals surface area (Å²) in [5.41, 5.74) is 3.70. The first-order valence-electron chi connectivity index (χ1n) is 6.18. The zero-order valence-corrected chi connectivity index (χ0v) is 11.0. The minimum absolute atomic E-state index is 0.285. The molecule has 0 saturated heterocycles. The summed E-state index contributed by atoms with van der Waals surface area (Å²) >= 11 is 0. The molecule has 0 aliphatic heterocycles. The highest BCUT2D eigenvalue weighted by Crippen LogP contribution is 2.22. The van der Waals surface area contributed by atoms with Crippen molar-refractivity contribution in [2.75, 3.05) is 13.2 Å². The maximum atomic E-state index is 12.0. The number of aromatic amines is 1. The van der Waals surface area contributed by atoms with E-state index < -0.39 is 6.04 Å². The third-order valence-electron chi connectivity index (χ3n) is 3.35. The molecule has 0 fully saturated rings. The number of carbonyl (C=O) groups is 1. The number of nitrogens with one attached hydrogen (secondary N) is 2. The predicted molar refractivity (Wildman–Crippen MR) is 73.2 cm³/mol. The molecule has 0 spiro atoms. The molecular formula is C14H18N2O3. The molecule has 0 unspecified atom stereocenters. The van der Waals surface area contributed by atoms with Crippen LogP contribution in [0.15, 0.2) is 18.2 Å². The third-order valence-corrected chi connectivity index (χ3v) is 3.35. The lowest BCUT2D eigenvalue weighted by molar-refractivity contribution is 0.0879. The standard InChI is InChI=1S/C14H18N2O3/c1-8-9(2)15-13-4-3-10(5-12(8)13)14(19)16-11(6-17)7-18/h3-5,11,15,17-18H,6-7H2,1-2H3,(H,16,19). The van der Waals surface area contributed by atoms with Crippen LogP contribution in [0.5, 0.6) is 0 Å². The van der Waals surface area contributed by atoms with Gasteiger partial charge in [-0.3, -0.25) is 4.79 Å². The van der Waals surface area contributed by atoms with E-state index in [1.807, 2.05) is 26.0 Å². The number of aliphatic hydroxyl groups excluding tert-OH is 2. The topological polar surface area (TPSA) is 85.4 Å². The Morgan fingerprint density at radius 1 is 1.32 bits per heavy atom. The summed E-state index contributed by atoms with van der Waals surface area (Å²) in [6.07, 6.45) is 0. The van der Waals surface area contributed by atoms with Crippen molar-refractivity contribution < 1.29 is 15.0 Å². The Hall–Kier alpha value is -1.85. The summed E-state index contributed by atoms with van der Waals surface area (Å²) in [6, 6.07) is 4.77. The van der Waals surface area contributed by atoms with Gasteiger partial charge in [0.15, 0.2) is 0 Å². The van der Waals surface area contributed by atoms with Crippen LogP contribution in [0.25, 0.3) is 10.9 Å². The van der Waals surface area contributed by atoms with Gasteiger partial charge in [-0.1, -0.05) is 0 Å². The highest BCUT2D eigenvalue weighted by atomic mass is 16.3. The molecule has 2 aromatic rings. The summed E-state index contributed by atoms with van der Waals surface area (Å²) in [4.78, 5) is 15.2. The second kappa shape index (κ2) is 5.42. The Balaban J connectivity index is 2.30. The van der Waals surface area contributed by atoms with Crippen LogP contribution in [0.2, 0.25) is 0 Å². The summed E-state index contributed by atoms with van der Waals surface area (Å²) in [6.45, 7) is 3.42. The van der Waals surface area contributed by atoms with Crippen molar-refractivity contribution in [1.82, 2.24) is 10.3 Å². The van der Waals surface area contributed by atoms with E-state index in [0.717, 1.165) is 22.2 Å². The van der Waals surface area contributed by atoms with Crippen molar-refractivity contribution in [3.63, 3.8) is 0 Å². The van der Waals surface area contributed by atoms with Crippen LogP contribution in [-0.2, 0) is 0 Å². The van der Waals surface area contributed by atoms with Gasteiger partial charge >= 0.3 is 0 Å². The van der Waals surface area contributed by atoms with Crippen LogP contribution in [-0.4, -0.2) is 40.4 Å². The number of H-pyrrole nitrogens is 1. The maximum Gasteiger partial charge on any atom is 0.251 e. The molecular weight excluding hydrogens is 244 g/mol. The molecule has 102 valence electrons. The summed E-state index contributed by atoms with van der Waals surface area (Å²) in [5, 5.41) is 21.5. The van der Waals surface area contributed by atoms with Crippen LogP contribution < -0.4 is 5.32 Å². The molecule has 0 atom stereocenters. The number of amides is 1. The van der Waals surface area contributed by atoms with Gasteiger partial charge in [0, 0.05) is 22.2 Å². The van der Waals surface area contributed by atoms with E-state index in [9.17, 15) is 4.79 Å². The Kier molecular flexibility index (Phi) is 3.87. The van der Waals surface area contributed by atoms with Crippen LogP contribution in [0, 0.1) is 13.8 Å². The van der Waals surface area contributed by atoms with Gasteiger partial charge in [0.25, 0.3) is 5.91 Å². The Morgan fingerprint density at radius 3 is 2.63 bits per heavy atom. The van der Waals surface area contributed by atoms with Gasteiger partial charge in [0.2, 0.25) is 0 Å². The lowest BCUT2D eigenvalue weighted by atomic mass is 10.1. The van der Waals surface area contributed by atoms with Crippen molar-refractivity contribution in [2.45, 2.75) is 19.9 Å². The van der Waals surface area contributed by atoms with E-state index >= 15 is 0 Å². The first-order valence-corrected chi connectivity index (χ1v) is 6.18. The van der Waals surface area contributed by atoms with Gasteiger partial charge in [0.05, 0.1) is 19.3 Å². The second-order valence-electron chi connectivity index (χ2n) is 4.67. The first-order chi connectivity index (χ1) is 9.06. The van der Waals surface area contributed by atoms with Crippen molar-refractivity contribution in [3.8, 4) is 0 Å². The largest absolute Gasteiger partial charge is 0.394 e. The fourth-order valence-electron chi connectivity index (χ4n) is 2.02. The molecule has 0 aliphatic rings. The molecule has 1 aromatic heterocycles. The number of aromatic nitrogens is 1. The normalized spacial score (nSPS) is 11.2. The molecule has 2 rings (SSSR count). The summed E-state index contributed by atoms with van der Waals surface area (Å²) < 4.78 is 0. The zero-order valence-electron chi connectivity index (χ0n) is 11.0. The SMILES string of the molecule is Cc1[nH]c2ccc(C(=O)NC(CO)CO)cc2c1C. The average molecular weight is 262 g/mol. The average Bonchev–Trinajstić information content (AvgIpc) is 2.71. The maximum absolute atomic E-state index is 12.0. The van der Waals surface area contributed by atoms with E-state index in [4.69, 9.17) is 10.2 Å². The lowest BCUT2D eigenvalue weighted by Crippen LogP contribution is -2.40. The third kappa shape index (κ3) is 2.62. The number of benzene rings is 1. The molecule has 4 N–H and O–H groups in total. The van der Waals surface area contributed by atoms with E-state index in [0.29, 0.717) is 5.56 Å². The smallest absolute Gasteiger partial charge is 0.251 e. The fraction of sp³-hybridized carbons (Fsp3) is 0.357. The second-order valence-corrected chi connectivity index (χ2v) is 4.67.